The lowest BCUT2D eigenvalue weighted by atomic mass is 10.1. The van der Waals surface area contributed by atoms with Crippen molar-refractivity contribution in [2.45, 2.75) is 13.3 Å². The molecule has 1 aliphatic rings. The fourth-order valence-corrected chi connectivity index (χ4v) is 3.06. The number of phenols is 1. The Morgan fingerprint density at radius 3 is 2.81 bits per heavy atom. The molecule has 1 aromatic heterocycles. The smallest absolute Gasteiger partial charge is 0.115 e. The van der Waals surface area contributed by atoms with Crippen molar-refractivity contribution in [2.75, 3.05) is 11.4 Å². The monoisotopic (exact) mass is 277 g/mol. The maximum atomic E-state index is 9.61. The van der Waals surface area contributed by atoms with E-state index in [9.17, 15) is 5.11 Å². The molecule has 3 aromatic rings. The SMILES string of the molecule is Cc1cc(O)ccc1N1CCc2nnc3ccccc3c21. The molecular formula is C17H15N3O. The minimum Gasteiger partial charge on any atom is -0.508 e. The van der Waals surface area contributed by atoms with Crippen LogP contribution >= 0.6 is 0 Å². The third-order valence-electron chi connectivity index (χ3n) is 4.02. The van der Waals surface area contributed by atoms with Crippen molar-refractivity contribution in [1.82, 2.24) is 10.2 Å². The molecule has 0 saturated heterocycles. The van der Waals surface area contributed by atoms with Crippen LogP contribution in [-0.4, -0.2) is 21.8 Å². The van der Waals surface area contributed by atoms with Crippen LogP contribution in [0.3, 0.4) is 0 Å². The van der Waals surface area contributed by atoms with Crippen LogP contribution in [0.4, 0.5) is 11.4 Å². The Morgan fingerprint density at radius 1 is 1.10 bits per heavy atom. The average Bonchev–Trinajstić information content (AvgIpc) is 2.91. The number of hydrogen-bond donors (Lipinski definition) is 1. The Labute approximate surface area is 122 Å². The van der Waals surface area contributed by atoms with Crippen molar-refractivity contribution < 1.29 is 5.11 Å². The summed E-state index contributed by atoms with van der Waals surface area (Å²) in [6, 6.07) is 13.6. The van der Waals surface area contributed by atoms with Crippen LogP contribution in [0.15, 0.2) is 42.5 Å². The van der Waals surface area contributed by atoms with Crippen LogP contribution in [0.2, 0.25) is 0 Å². The summed E-state index contributed by atoms with van der Waals surface area (Å²) >= 11 is 0. The first-order valence-corrected chi connectivity index (χ1v) is 7.05. The van der Waals surface area contributed by atoms with E-state index in [0.29, 0.717) is 5.75 Å². The van der Waals surface area contributed by atoms with Crippen molar-refractivity contribution in [2.24, 2.45) is 0 Å². The fourth-order valence-electron chi connectivity index (χ4n) is 3.06. The molecule has 1 aliphatic heterocycles. The summed E-state index contributed by atoms with van der Waals surface area (Å²) in [6.07, 6.45) is 0.896. The summed E-state index contributed by atoms with van der Waals surface area (Å²) in [5.41, 5.74) is 5.28. The number of hydrogen-bond acceptors (Lipinski definition) is 4. The highest BCUT2D eigenvalue weighted by atomic mass is 16.3. The second-order valence-electron chi connectivity index (χ2n) is 5.38. The number of nitrogens with zero attached hydrogens (tertiary/aromatic N) is 3. The zero-order valence-corrected chi connectivity index (χ0v) is 11.7. The second-order valence-corrected chi connectivity index (χ2v) is 5.38. The standard InChI is InChI=1S/C17H15N3O/c1-11-10-12(21)6-7-16(11)20-9-8-15-17(20)13-4-2-3-5-14(13)18-19-15/h2-7,10,21H,8-9H2,1H3. The Kier molecular flexibility index (Phi) is 2.57. The fraction of sp³-hybridized carbons (Fsp3) is 0.176. The topological polar surface area (TPSA) is 49.2 Å². The number of anilines is 2. The van der Waals surface area contributed by atoms with Gasteiger partial charge in [0.15, 0.2) is 0 Å². The highest BCUT2D eigenvalue weighted by molar-refractivity contribution is 5.96. The molecular weight excluding hydrogens is 262 g/mol. The van der Waals surface area contributed by atoms with Crippen LogP contribution in [-0.2, 0) is 6.42 Å². The van der Waals surface area contributed by atoms with E-state index in [-0.39, 0.29) is 0 Å². The lowest BCUT2D eigenvalue weighted by Crippen LogP contribution is -2.14. The number of benzene rings is 2. The third-order valence-corrected chi connectivity index (χ3v) is 4.02. The lowest BCUT2D eigenvalue weighted by molar-refractivity contribution is 0.475. The zero-order chi connectivity index (χ0) is 14.4. The van der Waals surface area contributed by atoms with Gasteiger partial charge in [0, 0.05) is 24.0 Å². The normalized spacial score (nSPS) is 13.7. The Bertz CT molecular complexity index is 845. The number of aromatic hydroxyl groups is 1. The molecule has 21 heavy (non-hydrogen) atoms. The second kappa shape index (κ2) is 4.45. The van der Waals surface area contributed by atoms with Crippen molar-refractivity contribution in [3.63, 3.8) is 0 Å². The summed E-state index contributed by atoms with van der Waals surface area (Å²) in [5, 5.41) is 19.4. The van der Waals surface area contributed by atoms with Crippen LogP contribution in [0, 0.1) is 6.92 Å². The first-order valence-electron chi connectivity index (χ1n) is 7.05. The quantitative estimate of drug-likeness (QED) is 0.741. The van der Waals surface area contributed by atoms with E-state index in [1.807, 2.05) is 31.2 Å². The van der Waals surface area contributed by atoms with Crippen molar-refractivity contribution in [3.05, 3.63) is 53.7 Å². The molecule has 0 radical (unpaired) electrons. The van der Waals surface area contributed by atoms with Crippen LogP contribution in [0.25, 0.3) is 10.9 Å². The Balaban J connectivity index is 1.95. The van der Waals surface area contributed by atoms with E-state index in [1.165, 1.54) is 0 Å². The van der Waals surface area contributed by atoms with Gasteiger partial charge in [0.05, 0.1) is 16.9 Å². The number of fused-ring (bicyclic) bond motifs is 3. The molecule has 0 aliphatic carbocycles. The van der Waals surface area contributed by atoms with Gasteiger partial charge in [0.2, 0.25) is 0 Å². The molecule has 104 valence electrons. The maximum absolute atomic E-state index is 9.61. The van der Waals surface area contributed by atoms with E-state index in [4.69, 9.17) is 0 Å². The summed E-state index contributed by atoms with van der Waals surface area (Å²) in [5.74, 6) is 0.299. The van der Waals surface area contributed by atoms with E-state index in [2.05, 4.69) is 21.2 Å². The van der Waals surface area contributed by atoms with E-state index in [0.717, 1.165) is 46.5 Å². The predicted molar refractivity (Wildman–Crippen MR) is 83.1 cm³/mol. The van der Waals surface area contributed by atoms with E-state index in [1.54, 1.807) is 12.1 Å². The van der Waals surface area contributed by atoms with Crippen molar-refractivity contribution >= 4 is 22.3 Å². The average molecular weight is 277 g/mol. The molecule has 0 unspecified atom stereocenters. The van der Waals surface area contributed by atoms with Gasteiger partial charge in [-0.15, -0.1) is 0 Å². The Hall–Kier alpha value is -2.62. The van der Waals surface area contributed by atoms with Crippen molar-refractivity contribution in [1.29, 1.82) is 0 Å². The molecule has 4 nitrogen and oxygen atoms in total. The van der Waals surface area contributed by atoms with Gasteiger partial charge in [-0.05, 0) is 36.8 Å². The number of phenolic OH excluding ortho intramolecular Hbond substituents is 1. The molecule has 0 spiro atoms. The molecule has 0 amide bonds. The molecule has 2 aromatic carbocycles. The van der Waals surface area contributed by atoms with Gasteiger partial charge >= 0.3 is 0 Å². The molecule has 1 N–H and O–H groups in total. The summed E-state index contributed by atoms with van der Waals surface area (Å²) in [4.78, 5) is 2.28. The highest BCUT2D eigenvalue weighted by Gasteiger charge is 2.25. The van der Waals surface area contributed by atoms with Crippen LogP contribution in [0.1, 0.15) is 11.3 Å². The highest BCUT2D eigenvalue weighted by Crippen LogP contribution is 2.39. The molecule has 0 atom stereocenters. The van der Waals surface area contributed by atoms with Gasteiger partial charge in [-0.1, -0.05) is 18.2 Å². The Morgan fingerprint density at radius 2 is 1.95 bits per heavy atom. The predicted octanol–water partition coefficient (Wildman–Crippen LogP) is 3.34. The summed E-state index contributed by atoms with van der Waals surface area (Å²) in [6.45, 7) is 2.91. The van der Waals surface area contributed by atoms with E-state index >= 15 is 0 Å². The van der Waals surface area contributed by atoms with Gasteiger partial charge in [-0.3, -0.25) is 0 Å². The first kappa shape index (κ1) is 12.1. The zero-order valence-electron chi connectivity index (χ0n) is 11.7. The maximum Gasteiger partial charge on any atom is 0.115 e. The first-order chi connectivity index (χ1) is 10.2. The van der Waals surface area contributed by atoms with Crippen LogP contribution < -0.4 is 4.90 Å². The van der Waals surface area contributed by atoms with Gasteiger partial charge in [-0.25, -0.2) is 0 Å². The molecule has 4 heteroatoms. The number of rotatable bonds is 1. The van der Waals surface area contributed by atoms with Gasteiger partial charge in [0.1, 0.15) is 5.75 Å². The molecule has 0 saturated carbocycles. The van der Waals surface area contributed by atoms with Gasteiger partial charge in [-0.2, -0.15) is 10.2 Å². The summed E-state index contributed by atoms with van der Waals surface area (Å²) < 4.78 is 0. The third kappa shape index (κ3) is 1.83. The van der Waals surface area contributed by atoms with Gasteiger partial charge in [0.25, 0.3) is 0 Å². The molecule has 4 rings (SSSR count). The minimum absolute atomic E-state index is 0.299. The number of aromatic nitrogens is 2. The largest absolute Gasteiger partial charge is 0.508 e. The lowest BCUT2D eigenvalue weighted by Gasteiger charge is -2.22. The van der Waals surface area contributed by atoms with E-state index < -0.39 is 0 Å². The number of aryl methyl sites for hydroxylation is 1. The van der Waals surface area contributed by atoms with Gasteiger partial charge < -0.3 is 10.0 Å². The molecule has 2 heterocycles. The molecule has 0 bridgehead atoms. The van der Waals surface area contributed by atoms with Crippen LogP contribution in [0.5, 0.6) is 5.75 Å². The summed E-state index contributed by atoms with van der Waals surface area (Å²) in [7, 11) is 0. The molecule has 0 fully saturated rings. The minimum atomic E-state index is 0.299. The van der Waals surface area contributed by atoms with Crippen molar-refractivity contribution in [3.8, 4) is 5.75 Å².